The van der Waals surface area contributed by atoms with E-state index < -0.39 is 33.8 Å². The number of nitrogens with two attached hydrogens (primary N) is 1. The van der Waals surface area contributed by atoms with Gasteiger partial charge < -0.3 is 14.4 Å². The van der Waals surface area contributed by atoms with Gasteiger partial charge in [0.15, 0.2) is 11.5 Å². The molecule has 0 spiro atoms. The molecule has 190 valence electrons. The van der Waals surface area contributed by atoms with Crippen LogP contribution in [0, 0.1) is 6.92 Å². The fraction of sp³-hybridized carbons (Fsp3) is 0.192. The van der Waals surface area contributed by atoms with E-state index in [0.29, 0.717) is 22.6 Å². The Morgan fingerprint density at radius 1 is 1.00 bits per heavy atom. The summed E-state index contributed by atoms with van der Waals surface area (Å²) in [4.78, 5) is 42.3. The smallest absolute Gasteiger partial charge is 0.257 e. The molecule has 3 amide bonds. The van der Waals surface area contributed by atoms with Gasteiger partial charge in [0.1, 0.15) is 6.04 Å². The van der Waals surface area contributed by atoms with Crippen LogP contribution in [-0.2, 0) is 26.2 Å². The molecule has 1 unspecified atom stereocenters. The molecule has 0 saturated carbocycles. The van der Waals surface area contributed by atoms with Gasteiger partial charge in [0.2, 0.25) is 22.7 Å². The number of carbonyl (C=O) groups excluding carboxylic acids is 3. The molecule has 0 aromatic heterocycles. The zero-order chi connectivity index (χ0) is 26.3. The Bertz CT molecular complexity index is 1500. The number of aryl methyl sites for hydroxylation is 1. The first-order valence-electron chi connectivity index (χ1n) is 11.4. The average Bonchev–Trinajstić information content (AvgIpc) is 3.45. The number of benzene rings is 3. The molecule has 0 aliphatic carbocycles. The van der Waals surface area contributed by atoms with Gasteiger partial charge in [0.05, 0.1) is 17.0 Å². The lowest BCUT2D eigenvalue weighted by atomic mass is 10.1. The Morgan fingerprint density at radius 3 is 2.35 bits per heavy atom. The van der Waals surface area contributed by atoms with E-state index in [1.807, 2.05) is 6.92 Å². The van der Waals surface area contributed by atoms with E-state index in [1.54, 1.807) is 42.5 Å². The van der Waals surface area contributed by atoms with Gasteiger partial charge in [0.25, 0.3) is 11.8 Å². The second kappa shape index (κ2) is 9.34. The number of primary sulfonamides is 1. The Kier molecular flexibility index (Phi) is 6.18. The topological polar surface area (TPSA) is 136 Å². The number of nitrogens with zero attached hydrogens (tertiary/aromatic N) is 2. The van der Waals surface area contributed by atoms with Crippen molar-refractivity contribution in [2.45, 2.75) is 30.8 Å². The maximum absolute atomic E-state index is 13.6. The van der Waals surface area contributed by atoms with Gasteiger partial charge in [-0.1, -0.05) is 23.8 Å². The zero-order valence-corrected chi connectivity index (χ0v) is 20.6. The van der Waals surface area contributed by atoms with Gasteiger partial charge in [0, 0.05) is 12.1 Å². The summed E-state index contributed by atoms with van der Waals surface area (Å²) in [6.45, 7) is 2.04. The van der Waals surface area contributed by atoms with Crippen molar-refractivity contribution in [1.82, 2.24) is 4.90 Å². The number of imide groups is 1. The molecule has 1 fully saturated rings. The first-order chi connectivity index (χ1) is 17.6. The first-order valence-corrected chi connectivity index (χ1v) is 12.9. The molecule has 11 heteroatoms. The molecule has 1 atom stereocenters. The SMILES string of the molecule is Cc1ccc(C(=O)N(Cc2ccc3c(c2)OCO3)C2CC(=O)N(c3ccc(S(N)(=O)=O)cc3)C2=O)cc1. The van der Waals surface area contributed by atoms with Crippen molar-refractivity contribution >= 4 is 33.4 Å². The predicted octanol–water partition coefficient (Wildman–Crippen LogP) is 2.35. The minimum Gasteiger partial charge on any atom is -0.454 e. The summed E-state index contributed by atoms with van der Waals surface area (Å²) >= 11 is 0. The van der Waals surface area contributed by atoms with E-state index >= 15 is 0 Å². The molecule has 2 heterocycles. The molecule has 37 heavy (non-hydrogen) atoms. The summed E-state index contributed by atoms with van der Waals surface area (Å²) in [6, 6.07) is 16.2. The molecule has 10 nitrogen and oxygen atoms in total. The third kappa shape index (κ3) is 4.78. The molecular weight excluding hydrogens is 498 g/mol. The van der Waals surface area contributed by atoms with E-state index in [0.717, 1.165) is 10.5 Å². The summed E-state index contributed by atoms with van der Waals surface area (Å²) < 4.78 is 34.0. The molecule has 5 rings (SSSR count). The second-order valence-corrected chi connectivity index (χ2v) is 10.4. The van der Waals surface area contributed by atoms with Gasteiger partial charge in [-0.25, -0.2) is 18.5 Å². The third-order valence-electron chi connectivity index (χ3n) is 6.27. The van der Waals surface area contributed by atoms with Crippen LogP contribution in [0.5, 0.6) is 11.5 Å². The number of sulfonamides is 1. The molecule has 0 radical (unpaired) electrons. The maximum atomic E-state index is 13.6. The highest BCUT2D eigenvalue weighted by molar-refractivity contribution is 7.89. The Labute approximate surface area is 213 Å². The van der Waals surface area contributed by atoms with E-state index in [2.05, 4.69) is 0 Å². The van der Waals surface area contributed by atoms with Crippen molar-refractivity contribution in [3.8, 4) is 11.5 Å². The van der Waals surface area contributed by atoms with Crippen LogP contribution in [0.3, 0.4) is 0 Å². The fourth-order valence-corrected chi connectivity index (χ4v) is 4.85. The van der Waals surface area contributed by atoms with Crippen LogP contribution in [-0.4, -0.2) is 43.9 Å². The largest absolute Gasteiger partial charge is 0.454 e. The molecule has 3 aromatic rings. The van der Waals surface area contributed by atoms with Crippen LogP contribution in [0.25, 0.3) is 0 Å². The molecule has 2 aliphatic heterocycles. The maximum Gasteiger partial charge on any atom is 0.257 e. The number of ether oxygens (including phenoxy) is 2. The van der Waals surface area contributed by atoms with Crippen LogP contribution in [0.1, 0.15) is 27.9 Å². The molecule has 2 N–H and O–H groups in total. The van der Waals surface area contributed by atoms with Crippen molar-refractivity contribution in [2.24, 2.45) is 5.14 Å². The summed E-state index contributed by atoms with van der Waals surface area (Å²) in [5.74, 6) is -0.387. The number of anilines is 1. The van der Waals surface area contributed by atoms with Crippen molar-refractivity contribution < 1.29 is 32.3 Å². The van der Waals surface area contributed by atoms with Crippen LogP contribution in [0.4, 0.5) is 5.69 Å². The average molecular weight is 522 g/mol. The van der Waals surface area contributed by atoms with Gasteiger partial charge in [-0.15, -0.1) is 0 Å². The summed E-state index contributed by atoms with van der Waals surface area (Å²) in [5.41, 5.74) is 2.24. The highest BCUT2D eigenvalue weighted by Crippen LogP contribution is 2.34. The minimum atomic E-state index is -3.94. The van der Waals surface area contributed by atoms with Crippen LogP contribution in [0.2, 0.25) is 0 Å². The van der Waals surface area contributed by atoms with E-state index in [9.17, 15) is 22.8 Å². The Morgan fingerprint density at radius 2 is 1.68 bits per heavy atom. The van der Waals surface area contributed by atoms with Crippen LogP contribution >= 0.6 is 0 Å². The van der Waals surface area contributed by atoms with E-state index in [4.69, 9.17) is 14.6 Å². The third-order valence-corrected chi connectivity index (χ3v) is 7.20. The Balaban J connectivity index is 1.48. The number of hydrogen-bond donors (Lipinski definition) is 1. The lowest BCUT2D eigenvalue weighted by Gasteiger charge is -2.28. The van der Waals surface area contributed by atoms with Crippen molar-refractivity contribution in [1.29, 1.82) is 0 Å². The number of rotatable bonds is 6. The van der Waals surface area contributed by atoms with Crippen LogP contribution < -0.4 is 19.5 Å². The molecule has 0 bridgehead atoms. The van der Waals surface area contributed by atoms with Gasteiger partial charge in [-0.3, -0.25) is 14.4 Å². The lowest BCUT2D eigenvalue weighted by molar-refractivity contribution is -0.122. The highest BCUT2D eigenvalue weighted by Gasteiger charge is 2.44. The quantitative estimate of drug-likeness (QED) is 0.492. The lowest BCUT2D eigenvalue weighted by Crippen LogP contribution is -2.45. The number of fused-ring (bicyclic) bond motifs is 1. The predicted molar refractivity (Wildman–Crippen MR) is 132 cm³/mol. The number of hydrogen-bond acceptors (Lipinski definition) is 7. The highest BCUT2D eigenvalue weighted by atomic mass is 32.2. The van der Waals surface area contributed by atoms with Crippen molar-refractivity contribution in [3.63, 3.8) is 0 Å². The second-order valence-electron chi connectivity index (χ2n) is 8.81. The first kappa shape index (κ1) is 24.5. The zero-order valence-electron chi connectivity index (χ0n) is 19.8. The van der Waals surface area contributed by atoms with Gasteiger partial charge >= 0.3 is 0 Å². The monoisotopic (exact) mass is 521 g/mol. The van der Waals surface area contributed by atoms with Gasteiger partial charge in [-0.05, 0) is 61.0 Å². The van der Waals surface area contributed by atoms with Crippen molar-refractivity contribution in [2.75, 3.05) is 11.7 Å². The van der Waals surface area contributed by atoms with E-state index in [-0.39, 0.29) is 30.3 Å². The normalized spacial score (nSPS) is 16.8. The standard InChI is InChI=1S/C26H23N3O7S/c1-16-2-5-18(6-3-16)25(31)28(14-17-4-11-22-23(12-17)36-15-35-22)21-13-24(30)29(26(21)32)19-7-9-20(10-8-19)37(27,33)34/h2-12,21H,13-15H2,1H3,(H2,27,33,34). The number of carbonyl (C=O) groups is 3. The number of amides is 3. The summed E-state index contributed by atoms with van der Waals surface area (Å²) in [5, 5.41) is 5.15. The summed E-state index contributed by atoms with van der Waals surface area (Å²) in [6.07, 6.45) is -0.224. The Hall–Kier alpha value is -4.22. The van der Waals surface area contributed by atoms with Crippen molar-refractivity contribution in [3.05, 3.63) is 83.4 Å². The molecule has 3 aromatic carbocycles. The summed E-state index contributed by atoms with van der Waals surface area (Å²) in [7, 11) is -3.94. The molecule has 2 aliphatic rings. The fourth-order valence-electron chi connectivity index (χ4n) is 4.34. The van der Waals surface area contributed by atoms with Crippen LogP contribution in [0.15, 0.2) is 71.6 Å². The molecular formula is C26H23N3O7S. The van der Waals surface area contributed by atoms with Gasteiger partial charge in [-0.2, -0.15) is 0 Å². The minimum absolute atomic E-state index is 0.0469. The molecule has 1 saturated heterocycles. The van der Waals surface area contributed by atoms with E-state index in [1.165, 1.54) is 29.2 Å².